The molecule has 0 spiro atoms. The van der Waals surface area contributed by atoms with Crippen molar-refractivity contribution in [3.05, 3.63) is 35.9 Å². The highest BCUT2D eigenvalue weighted by atomic mass is 28.3. The van der Waals surface area contributed by atoms with Gasteiger partial charge in [-0.1, -0.05) is 59.6 Å². The summed E-state index contributed by atoms with van der Waals surface area (Å²) in [7, 11) is -1.82. The third-order valence-corrected chi connectivity index (χ3v) is 11.5. The van der Waals surface area contributed by atoms with Gasteiger partial charge in [0.15, 0.2) is 0 Å². The lowest BCUT2D eigenvalue weighted by Crippen LogP contribution is -2.43. The Morgan fingerprint density at radius 2 is 1.46 bits per heavy atom. The van der Waals surface area contributed by atoms with E-state index in [9.17, 15) is 10.2 Å². The molecule has 0 saturated heterocycles. The summed E-state index contributed by atoms with van der Waals surface area (Å²) in [6, 6.07) is 8.81. The van der Waals surface area contributed by atoms with Gasteiger partial charge in [0, 0.05) is 17.0 Å². The highest BCUT2D eigenvalue weighted by Gasteiger charge is 2.41. The molecule has 0 aliphatic heterocycles. The monoisotopic (exact) mass is 340 g/mol. The van der Waals surface area contributed by atoms with Crippen molar-refractivity contribution in [2.24, 2.45) is 0 Å². The molecule has 128 valence electrons. The van der Waals surface area contributed by atoms with Crippen LogP contribution in [0.25, 0.3) is 10.8 Å². The second kappa shape index (κ2) is 6.90. The van der Waals surface area contributed by atoms with Gasteiger partial charge in [-0.15, -0.1) is 5.54 Å². The van der Waals surface area contributed by atoms with Crippen molar-refractivity contribution in [2.75, 3.05) is 0 Å². The van der Waals surface area contributed by atoms with Gasteiger partial charge in [-0.05, 0) is 34.1 Å². The van der Waals surface area contributed by atoms with Crippen molar-refractivity contribution in [3.8, 4) is 23.0 Å². The quantitative estimate of drug-likeness (QED) is 0.546. The Morgan fingerprint density at radius 1 is 0.875 bits per heavy atom. The first kappa shape index (κ1) is 18.4. The highest BCUT2D eigenvalue weighted by Crippen LogP contribution is 2.41. The average molecular weight is 341 g/mol. The van der Waals surface area contributed by atoms with Crippen LogP contribution in [0.5, 0.6) is 11.5 Å². The number of benzene rings is 2. The summed E-state index contributed by atoms with van der Waals surface area (Å²) in [5, 5.41) is 21.5. The standard InChI is InChI=1S/C21H28O2Si/c1-14(2)24(15(3)4,16(5)6)11-10-17-8-7-9-18-12-19(22)13-20(23)21(17)18/h7-9,12-16,22-23H,1-6H3. The Labute approximate surface area is 146 Å². The minimum Gasteiger partial charge on any atom is -0.508 e. The van der Waals surface area contributed by atoms with Crippen LogP contribution < -0.4 is 0 Å². The molecule has 0 aliphatic carbocycles. The molecular weight excluding hydrogens is 312 g/mol. The van der Waals surface area contributed by atoms with Gasteiger partial charge in [-0.3, -0.25) is 0 Å². The predicted molar refractivity (Wildman–Crippen MR) is 105 cm³/mol. The van der Waals surface area contributed by atoms with Crippen LogP contribution in [0.2, 0.25) is 16.6 Å². The van der Waals surface area contributed by atoms with Crippen molar-refractivity contribution in [3.63, 3.8) is 0 Å². The maximum atomic E-state index is 10.3. The summed E-state index contributed by atoms with van der Waals surface area (Å²) in [4.78, 5) is 0. The smallest absolute Gasteiger partial charge is 0.146 e. The van der Waals surface area contributed by atoms with Gasteiger partial charge < -0.3 is 10.2 Å². The summed E-state index contributed by atoms with van der Waals surface area (Å²) in [6.45, 7) is 13.7. The zero-order valence-corrected chi connectivity index (χ0v) is 16.5. The Kier molecular flexibility index (Phi) is 5.30. The summed E-state index contributed by atoms with van der Waals surface area (Å²) >= 11 is 0. The molecule has 0 heterocycles. The summed E-state index contributed by atoms with van der Waals surface area (Å²) < 4.78 is 0. The molecule has 0 aromatic heterocycles. The SMILES string of the molecule is CC(C)[Si](C#Cc1cccc2cc(O)cc(O)c12)(C(C)C)C(C)C. The molecule has 2 aromatic rings. The molecule has 0 radical (unpaired) electrons. The summed E-state index contributed by atoms with van der Waals surface area (Å²) in [6.07, 6.45) is 0. The molecule has 0 amide bonds. The van der Waals surface area contributed by atoms with Gasteiger partial charge >= 0.3 is 0 Å². The fourth-order valence-corrected chi connectivity index (χ4v) is 9.32. The van der Waals surface area contributed by atoms with Crippen LogP contribution in [-0.4, -0.2) is 18.3 Å². The Balaban J connectivity index is 2.68. The number of phenolic OH excluding ortho intramolecular Hbond substituents is 2. The highest BCUT2D eigenvalue weighted by molar-refractivity contribution is 6.90. The van der Waals surface area contributed by atoms with Crippen LogP contribution in [0.3, 0.4) is 0 Å². The van der Waals surface area contributed by atoms with E-state index in [4.69, 9.17) is 0 Å². The largest absolute Gasteiger partial charge is 0.508 e. The second-order valence-corrected chi connectivity index (χ2v) is 13.1. The fraction of sp³-hybridized carbons (Fsp3) is 0.429. The average Bonchev–Trinajstić information content (AvgIpc) is 2.46. The van der Waals surface area contributed by atoms with Crippen LogP contribution in [0.1, 0.15) is 47.1 Å². The van der Waals surface area contributed by atoms with Crippen LogP contribution >= 0.6 is 0 Å². The minimum atomic E-state index is -1.82. The maximum Gasteiger partial charge on any atom is 0.146 e. The van der Waals surface area contributed by atoms with Crippen molar-refractivity contribution in [1.29, 1.82) is 0 Å². The molecule has 0 atom stereocenters. The molecule has 2 aromatic carbocycles. The molecule has 0 saturated carbocycles. The van der Waals surface area contributed by atoms with E-state index in [1.807, 2.05) is 18.2 Å². The van der Waals surface area contributed by atoms with Crippen LogP contribution in [0.15, 0.2) is 30.3 Å². The Morgan fingerprint density at radius 3 is 2.00 bits per heavy atom. The van der Waals surface area contributed by atoms with E-state index in [1.165, 1.54) is 6.07 Å². The van der Waals surface area contributed by atoms with E-state index in [-0.39, 0.29) is 11.5 Å². The molecule has 24 heavy (non-hydrogen) atoms. The third-order valence-electron chi connectivity index (χ3n) is 5.22. The lowest BCUT2D eigenvalue weighted by Gasteiger charge is -2.38. The predicted octanol–water partition coefficient (Wildman–Crippen LogP) is 5.82. The van der Waals surface area contributed by atoms with E-state index >= 15 is 0 Å². The fourth-order valence-electron chi connectivity index (χ4n) is 4.10. The van der Waals surface area contributed by atoms with Gasteiger partial charge in [0.1, 0.15) is 19.6 Å². The molecule has 3 heteroatoms. The van der Waals surface area contributed by atoms with Gasteiger partial charge in [0.05, 0.1) is 0 Å². The normalized spacial score (nSPS) is 12.0. The van der Waals surface area contributed by atoms with Gasteiger partial charge in [0.2, 0.25) is 0 Å². The van der Waals surface area contributed by atoms with Crippen molar-refractivity contribution in [1.82, 2.24) is 0 Å². The minimum absolute atomic E-state index is 0.0698. The first-order chi connectivity index (χ1) is 11.2. The van der Waals surface area contributed by atoms with Crippen LogP contribution in [0.4, 0.5) is 0 Å². The van der Waals surface area contributed by atoms with E-state index in [1.54, 1.807) is 6.07 Å². The number of fused-ring (bicyclic) bond motifs is 1. The maximum absolute atomic E-state index is 10.3. The second-order valence-electron chi connectivity index (χ2n) is 7.52. The Bertz CT molecular complexity index is 773. The number of aromatic hydroxyl groups is 2. The van der Waals surface area contributed by atoms with Crippen LogP contribution in [-0.2, 0) is 0 Å². The van der Waals surface area contributed by atoms with E-state index < -0.39 is 8.07 Å². The zero-order valence-electron chi connectivity index (χ0n) is 15.5. The molecule has 2 nitrogen and oxygen atoms in total. The molecule has 0 aliphatic rings. The third kappa shape index (κ3) is 3.16. The number of rotatable bonds is 3. The molecule has 2 rings (SSSR count). The zero-order chi connectivity index (χ0) is 18.1. The topological polar surface area (TPSA) is 40.5 Å². The Hall–Kier alpha value is -1.92. The molecule has 2 N–H and O–H groups in total. The first-order valence-electron chi connectivity index (χ1n) is 8.68. The van der Waals surface area contributed by atoms with Gasteiger partial charge in [-0.25, -0.2) is 0 Å². The van der Waals surface area contributed by atoms with E-state index in [0.717, 1.165) is 16.3 Å². The van der Waals surface area contributed by atoms with Crippen LogP contribution in [0, 0.1) is 11.5 Å². The molecule has 0 unspecified atom stereocenters. The summed E-state index contributed by atoms with van der Waals surface area (Å²) in [5.74, 6) is 3.56. The molecular formula is C21H28O2Si. The van der Waals surface area contributed by atoms with Gasteiger partial charge in [0.25, 0.3) is 0 Å². The van der Waals surface area contributed by atoms with Crippen molar-refractivity contribution in [2.45, 2.75) is 58.2 Å². The van der Waals surface area contributed by atoms with E-state index in [0.29, 0.717) is 16.6 Å². The molecule has 0 fully saturated rings. The lowest BCUT2D eigenvalue weighted by molar-refractivity contribution is 0.455. The molecule has 0 bridgehead atoms. The first-order valence-corrected chi connectivity index (χ1v) is 10.9. The lowest BCUT2D eigenvalue weighted by atomic mass is 10.0. The van der Waals surface area contributed by atoms with Crippen molar-refractivity contribution >= 4 is 18.8 Å². The van der Waals surface area contributed by atoms with E-state index in [2.05, 4.69) is 53.0 Å². The number of hydrogen-bond donors (Lipinski definition) is 2. The number of hydrogen-bond acceptors (Lipinski definition) is 2. The summed E-state index contributed by atoms with van der Waals surface area (Å²) in [5.41, 5.74) is 6.24. The van der Waals surface area contributed by atoms with Gasteiger partial charge in [-0.2, -0.15) is 0 Å². The van der Waals surface area contributed by atoms with Crippen molar-refractivity contribution < 1.29 is 10.2 Å². The number of phenols is 2.